The molecule has 1 heterocycles. The normalized spacial score (nSPS) is 30.4. The highest BCUT2D eigenvalue weighted by Gasteiger charge is 2.61. The van der Waals surface area contributed by atoms with Gasteiger partial charge in [-0.25, -0.2) is 0 Å². The largest absolute Gasteiger partial charge is 0.497 e. The number of amides is 1. The zero-order valence-corrected chi connectivity index (χ0v) is 9.67. The Bertz CT molecular complexity index is 460. The second-order valence-corrected chi connectivity index (χ2v) is 4.69. The summed E-state index contributed by atoms with van der Waals surface area (Å²) in [6.45, 7) is 0.856. The van der Waals surface area contributed by atoms with Crippen LogP contribution < -0.4 is 9.64 Å². The Hall–Kier alpha value is -1.55. The first-order valence-electron chi connectivity index (χ1n) is 5.82. The third kappa shape index (κ3) is 1.52. The lowest BCUT2D eigenvalue weighted by Crippen LogP contribution is -2.30. The molecule has 4 heteroatoms. The molecule has 1 aromatic rings. The summed E-state index contributed by atoms with van der Waals surface area (Å²) in [4.78, 5) is 13.9. The molecule has 90 valence electrons. The van der Waals surface area contributed by atoms with Gasteiger partial charge < -0.3 is 14.7 Å². The van der Waals surface area contributed by atoms with E-state index < -0.39 is 0 Å². The summed E-state index contributed by atoms with van der Waals surface area (Å²) < 4.78 is 5.15. The van der Waals surface area contributed by atoms with Crippen LogP contribution in [0, 0.1) is 17.8 Å². The number of fused-ring (bicyclic) bond motifs is 1. The highest BCUT2D eigenvalue weighted by molar-refractivity contribution is 6.00. The number of methoxy groups -OCH3 is 1. The molecule has 1 aliphatic carbocycles. The van der Waals surface area contributed by atoms with Crippen LogP contribution in [-0.2, 0) is 4.79 Å². The molecule has 1 saturated carbocycles. The number of aliphatic hydroxyl groups excluding tert-OH is 1. The standard InChI is InChI=1S/C13H15NO3/c1-17-9-4-2-3-8(5-9)14-6-10-11(7-15)12(10)13(14)16/h2-5,10-12,15H,6-7H2,1H3. The lowest BCUT2D eigenvalue weighted by atomic mass is 10.2. The Kier molecular flexibility index (Phi) is 2.33. The molecule has 1 aliphatic heterocycles. The molecule has 3 rings (SSSR count). The average molecular weight is 233 g/mol. The summed E-state index contributed by atoms with van der Waals surface area (Å²) in [5, 5.41) is 9.08. The van der Waals surface area contributed by atoms with Gasteiger partial charge in [-0.05, 0) is 24.0 Å². The van der Waals surface area contributed by atoms with E-state index in [-0.39, 0.29) is 24.3 Å². The molecule has 4 nitrogen and oxygen atoms in total. The third-order valence-corrected chi connectivity index (χ3v) is 3.85. The monoisotopic (exact) mass is 233 g/mol. The number of rotatable bonds is 3. The molecule has 1 aromatic carbocycles. The second-order valence-electron chi connectivity index (χ2n) is 4.69. The van der Waals surface area contributed by atoms with Gasteiger partial charge in [-0.3, -0.25) is 4.79 Å². The Balaban J connectivity index is 1.81. The summed E-state index contributed by atoms with van der Waals surface area (Å²) in [5.41, 5.74) is 0.887. The molecule has 2 aliphatic rings. The number of hydrogen-bond acceptors (Lipinski definition) is 3. The van der Waals surface area contributed by atoms with E-state index in [0.717, 1.165) is 18.0 Å². The van der Waals surface area contributed by atoms with Crippen LogP contribution in [0.1, 0.15) is 0 Å². The Labute approximate surface area is 99.8 Å². The van der Waals surface area contributed by atoms with Crippen molar-refractivity contribution in [1.82, 2.24) is 0 Å². The molecular formula is C13H15NO3. The third-order valence-electron chi connectivity index (χ3n) is 3.85. The quantitative estimate of drug-likeness (QED) is 0.843. The predicted molar refractivity (Wildman–Crippen MR) is 62.9 cm³/mol. The molecule has 1 N–H and O–H groups in total. The fourth-order valence-electron chi connectivity index (χ4n) is 2.80. The summed E-state index contributed by atoms with van der Waals surface area (Å²) in [6.07, 6.45) is 0. The zero-order valence-electron chi connectivity index (χ0n) is 9.67. The van der Waals surface area contributed by atoms with Crippen molar-refractivity contribution in [3.8, 4) is 5.75 Å². The molecule has 17 heavy (non-hydrogen) atoms. The first kappa shape index (κ1) is 10.6. The van der Waals surface area contributed by atoms with E-state index in [4.69, 9.17) is 9.84 Å². The molecule has 3 unspecified atom stereocenters. The van der Waals surface area contributed by atoms with E-state index >= 15 is 0 Å². The van der Waals surface area contributed by atoms with E-state index in [2.05, 4.69) is 0 Å². The minimum absolute atomic E-state index is 0.0474. The van der Waals surface area contributed by atoms with Gasteiger partial charge in [0.25, 0.3) is 0 Å². The predicted octanol–water partition coefficient (Wildman–Crippen LogP) is 0.896. The summed E-state index contributed by atoms with van der Waals surface area (Å²) in [6, 6.07) is 7.53. The van der Waals surface area contributed by atoms with Crippen LogP contribution in [0.15, 0.2) is 24.3 Å². The van der Waals surface area contributed by atoms with Crippen LogP contribution in [0.4, 0.5) is 5.69 Å². The van der Waals surface area contributed by atoms with Crippen molar-refractivity contribution >= 4 is 11.6 Å². The minimum Gasteiger partial charge on any atom is -0.497 e. The van der Waals surface area contributed by atoms with E-state index in [1.165, 1.54) is 0 Å². The minimum atomic E-state index is 0.0474. The van der Waals surface area contributed by atoms with Crippen LogP contribution in [0.2, 0.25) is 0 Å². The van der Waals surface area contributed by atoms with Crippen LogP contribution in [0.25, 0.3) is 0 Å². The van der Waals surface area contributed by atoms with Gasteiger partial charge in [0.05, 0.1) is 7.11 Å². The van der Waals surface area contributed by atoms with Gasteiger partial charge >= 0.3 is 0 Å². The molecule has 0 bridgehead atoms. The van der Waals surface area contributed by atoms with Gasteiger partial charge in [-0.1, -0.05) is 6.07 Å². The van der Waals surface area contributed by atoms with Crippen molar-refractivity contribution in [1.29, 1.82) is 0 Å². The van der Waals surface area contributed by atoms with Crippen molar-refractivity contribution in [3.05, 3.63) is 24.3 Å². The van der Waals surface area contributed by atoms with Gasteiger partial charge in [-0.2, -0.15) is 0 Å². The first-order valence-corrected chi connectivity index (χ1v) is 5.82. The van der Waals surface area contributed by atoms with Gasteiger partial charge in [0.1, 0.15) is 5.75 Å². The molecule has 0 radical (unpaired) electrons. The van der Waals surface area contributed by atoms with E-state index in [1.807, 2.05) is 24.3 Å². The Morgan fingerprint density at radius 3 is 2.94 bits per heavy atom. The molecule has 0 spiro atoms. The maximum Gasteiger partial charge on any atom is 0.230 e. The summed E-state index contributed by atoms with van der Waals surface area (Å²) in [7, 11) is 1.62. The summed E-state index contributed by atoms with van der Waals surface area (Å²) in [5.74, 6) is 1.49. The molecule has 0 aromatic heterocycles. The maximum atomic E-state index is 12.1. The number of benzene rings is 1. The lowest BCUT2D eigenvalue weighted by molar-refractivity contribution is -0.119. The van der Waals surface area contributed by atoms with E-state index in [0.29, 0.717) is 5.92 Å². The highest BCUT2D eigenvalue weighted by atomic mass is 16.5. The smallest absolute Gasteiger partial charge is 0.230 e. The van der Waals surface area contributed by atoms with Crippen molar-refractivity contribution in [2.24, 2.45) is 17.8 Å². The van der Waals surface area contributed by atoms with E-state index in [9.17, 15) is 4.79 Å². The molecule has 3 atom stereocenters. The second kappa shape index (κ2) is 3.74. The van der Waals surface area contributed by atoms with Crippen molar-refractivity contribution in [2.75, 3.05) is 25.2 Å². The van der Waals surface area contributed by atoms with E-state index in [1.54, 1.807) is 12.0 Å². The number of aliphatic hydroxyl groups is 1. The SMILES string of the molecule is COc1cccc(N2CC3C(CO)C3C2=O)c1. The van der Waals surface area contributed by atoms with Crippen LogP contribution in [-0.4, -0.2) is 31.3 Å². The molecular weight excluding hydrogens is 218 g/mol. The average Bonchev–Trinajstić information content (AvgIpc) is 2.98. The number of ether oxygens (including phenoxy) is 1. The van der Waals surface area contributed by atoms with Crippen LogP contribution in [0.5, 0.6) is 5.75 Å². The first-order chi connectivity index (χ1) is 8.26. The lowest BCUT2D eigenvalue weighted by Gasteiger charge is -2.20. The van der Waals surface area contributed by atoms with Crippen LogP contribution >= 0.6 is 0 Å². The van der Waals surface area contributed by atoms with Gasteiger partial charge in [0, 0.05) is 30.8 Å². The molecule has 1 saturated heterocycles. The zero-order chi connectivity index (χ0) is 12.0. The van der Waals surface area contributed by atoms with Gasteiger partial charge in [0.2, 0.25) is 5.91 Å². The van der Waals surface area contributed by atoms with Crippen molar-refractivity contribution in [3.63, 3.8) is 0 Å². The molecule has 1 amide bonds. The fourth-order valence-corrected chi connectivity index (χ4v) is 2.80. The number of carbonyl (C=O) groups is 1. The number of anilines is 1. The Morgan fingerprint density at radius 2 is 2.35 bits per heavy atom. The number of piperidine rings is 1. The maximum absolute atomic E-state index is 12.1. The van der Waals surface area contributed by atoms with Crippen molar-refractivity contribution < 1.29 is 14.6 Å². The highest BCUT2D eigenvalue weighted by Crippen LogP contribution is 2.53. The number of hydrogen-bond donors (Lipinski definition) is 1. The van der Waals surface area contributed by atoms with Gasteiger partial charge in [0.15, 0.2) is 0 Å². The Morgan fingerprint density at radius 1 is 1.53 bits per heavy atom. The number of nitrogens with zero attached hydrogens (tertiary/aromatic N) is 1. The van der Waals surface area contributed by atoms with Gasteiger partial charge in [-0.15, -0.1) is 0 Å². The summed E-state index contributed by atoms with van der Waals surface area (Å²) >= 11 is 0. The van der Waals surface area contributed by atoms with Crippen molar-refractivity contribution in [2.45, 2.75) is 0 Å². The number of carbonyl (C=O) groups excluding carboxylic acids is 1. The van der Waals surface area contributed by atoms with Crippen LogP contribution in [0.3, 0.4) is 0 Å². The fraction of sp³-hybridized carbons (Fsp3) is 0.462. The topological polar surface area (TPSA) is 49.8 Å². The molecule has 2 fully saturated rings.